The molecule has 3 aromatic rings. The van der Waals surface area contributed by atoms with E-state index in [0.29, 0.717) is 5.82 Å². The summed E-state index contributed by atoms with van der Waals surface area (Å²) in [5, 5.41) is 12.0. The molecule has 0 saturated heterocycles. The number of anilines is 3. The summed E-state index contributed by atoms with van der Waals surface area (Å²) >= 11 is 0. The van der Waals surface area contributed by atoms with Crippen LogP contribution in [0.25, 0.3) is 10.9 Å². The Morgan fingerprint density at radius 2 is 1.74 bits per heavy atom. The van der Waals surface area contributed by atoms with E-state index < -0.39 is 10.0 Å². The van der Waals surface area contributed by atoms with Crippen molar-refractivity contribution in [2.75, 3.05) is 15.8 Å². The fraction of sp³-hybridized carbons (Fsp3) is 0.133. The molecular formula is C15H15N5O2S. The van der Waals surface area contributed by atoms with Crippen molar-refractivity contribution in [2.24, 2.45) is 0 Å². The van der Waals surface area contributed by atoms with Crippen LogP contribution in [0.5, 0.6) is 0 Å². The van der Waals surface area contributed by atoms with E-state index in [-0.39, 0.29) is 11.6 Å². The number of nitrogens with zero attached hydrogens (tertiary/aromatic N) is 3. The molecule has 0 unspecified atom stereocenters. The highest BCUT2D eigenvalue weighted by molar-refractivity contribution is 7.92. The van der Waals surface area contributed by atoms with Crippen LogP contribution in [-0.4, -0.2) is 29.4 Å². The Morgan fingerprint density at radius 3 is 2.48 bits per heavy atom. The van der Waals surface area contributed by atoms with E-state index in [1.165, 1.54) is 0 Å². The smallest absolute Gasteiger partial charge is 0.233 e. The number of sulfonamides is 1. The molecule has 7 nitrogen and oxygen atoms in total. The fourth-order valence-corrected chi connectivity index (χ4v) is 2.60. The van der Waals surface area contributed by atoms with E-state index in [4.69, 9.17) is 0 Å². The first-order chi connectivity index (χ1) is 11.1. The van der Waals surface area contributed by atoms with Crippen molar-refractivity contribution in [3.8, 4) is 0 Å². The van der Waals surface area contributed by atoms with Crippen molar-refractivity contribution < 1.29 is 8.42 Å². The summed E-state index contributed by atoms with van der Waals surface area (Å²) in [6, 6.07) is 12.8. The zero-order valence-electron chi connectivity index (χ0n) is 12.4. The first-order valence-corrected chi connectivity index (χ1v) is 8.67. The standard InChI is InChI=1S/C15H15N5O2S/c1-2-23(21,22)20-14-9-8-13(18-19-14)17-12-7-3-5-11-6-4-10-16-15(11)12/h3-10H,2H2,1H3,(H,17,18)(H,19,20). The molecule has 3 rings (SSSR count). The molecule has 0 bridgehead atoms. The molecule has 0 amide bonds. The van der Waals surface area contributed by atoms with Gasteiger partial charge >= 0.3 is 0 Å². The molecule has 0 spiro atoms. The minimum atomic E-state index is -3.36. The molecule has 1 aromatic carbocycles. The van der Waals surface area contributed by atoms with Gasteiger partial charge in [-0.2, -0.15) is 0 Å². The van der Waals surface area contributed by atoms with Gasteiger partial charge in [-0.1, -0.05) is 18.2 Å². The Labute approximate surface area is 133 Å². The number of para-hydroxylation sites is 1. The minimum absolute atomic E-state index is 0.0175. The van der Waals surface area contributed by atoms with E-state index in [1.807, 2.05) is 30.3 Å². The van der Waals surface area contributed by atoms with E-state index in [9.17, 15) is 8.42 Å². The Bertz CT molecular complexity index is 921. The van der Waals surface area contributed by atoms with Gasteiger partial charge in [-0.05, 0) is 31.2 Å². The predicted octanol–water partition coefficient (Wildman–Crippen LogP) is 2.53. The lowest BCUT2D eigenvalue weighted by molar-refractivity contribution is 0.602. The SMILES string of the molecule is CCS(=O)(=O)Nc1ccc(Nc2cccc3cccnc23)nn1. The fourth-order valence-electron chi connectivity index (χ4n) is 2.03. The molecule has 0 radical (unpaired) electrons. The predicted molar refractivity (Wildman–Crippen MR) is 90.1 cm³/mol. The van der Waals surface area contributed by atoms with E-state index in [0.717, 1.165) is 16.6 Å². The second kappa shape index (κ2) is 6.17. The molecule has 0 fully saturated rings. The molecule has 23 heavy (non-hydrogen) atoms. The van der Waals surface area contributed by atoms with Gasteiger partial charge < -0.3 is 5.32 Å². The molecule has 2 N–H and O–H groups in total. The third kappa shape index (κ3) is 3.54. The number of benzene rings is 1. The van der Waals surface area contributed by atoms with Gasteiger partial charge in [0, 0.05) is 11.6 Å². The molecule has 0 atom stereocenters. The molecule has 0 aliphatic carbocycles. The van der Waals surface area contributed by atoms with Crippen LogP contribution in [0.4, 0.5) is 17.3 Å². The van der Waals surface area contributed by atoms with Crippen molar-refractivity contribution in [1.29, 1.82) is 0 Å². The quantitative estimate of drug-likeness (QED) is 0.746. The van der Waals surface area contributed by atoms with Crippen LogP contribution in [-0.2, 0) is 10.0 Å². The van der Waals surface area contributed by atoms with Crippen LogP contribution in [0.3, 0.4) is 0 Å². The van der Waals surface area contributed by atoms with E-state index in [2.05, 4.69) is 25.2 Å². The van der Waals surface area contributed by atoms with Crippen molar-refractivity contribution >= 4 is 38.2 Å². The van der Waals surface area contributed by atoms with Gasteiger partial charge in [-0.25, -0.2) is 8.42 Å². The van der Waals surface area contributed by atoms with Gasteiger partial charge in [-0.3, -0.25) is 9.71 Å². The van der Waals surface area contributed by atoms with Gasteiger partial charge in [0.25, 0.3) is 0 Å². The summed E-state index contributed by atoms with van der Waals surface area (Å²) < 4.78 is 25.3. The summed E-state index contributed by atoms with van der Waals surface area (Å²) in [4.78, 5) is 4.35. The molecule has 0 aliphatic rings. The third-order valence-corrected chi connectivity index (χ3v) is 4.48. The van der Waals surface area contributed by atoms with Gasteiger partial charge in [-0.15, -0.1) is 10.2 Å². The lowest BCUT2D eigenvalue weighted by atomic mass is 10.2. The average Bonchev–Trinajstić information content (AvgIpc) is 2.57. The second-order valence-corrected chi connectivity index (χ2v) is 6.83. The normalized spacial score (nSPS) is 11.3. The Hall–Kier alpha value is -2.74. The van der Waals surface area contributed by atoms with Gasteiger partial charge in [0.1, 0.15) is 0 Å². The monoisotopic (exact) mass is 329 g/mol. The van der Waals surface area contributed by atoms with Crippen molar-refractivity contribution in [3.63, 3.8) is 0 Å². The number of nitrogens with one attached hydrogen (secondary N) is 2. The van der Waals surface area contributed by atoms with E-state index >= 15 is 0 Å². The summed E-state index contributed by atoms with van der Waals surface area (Å²) in [6.07, 6.45) is 1.72. The van der Waals surface area contributed by atoms with Crippen LogP contribution < -0.4 is 10.0 Å². The number of fused-ring (bicyclic) bond motifs is 1. The lowest BCUT2D eigenvalue weighted by Gasteiger charge is -2.09. The highest BCUT2D eigenvalue weighted by atomic mass is 32.2. The van der Waals surface area contributed by atoms with Crippen LogP contribution in [0.1, 0.15) is 6.92 Å². The zero-order chi connectivity index (χ0) is 16.3. The molecule has 8 heteroatoms. The largest absolute Gasteiger partial charge is 0.337 e. The molecule has 2 heterocycles. The molecule has 0 aliphatic heterocycles. The van der Waals surface area contributed by atoms with Crippen LogP contribution in [0.2, 0.25) is 0 Å². The number of aromatic nitrogens is 3. The Morgan fingerprint density at radius 1 is 1.00 bits per heavy atom. The van der Waals surface area contributed by atoms with Crippen molar-refractivity contribution in [2.45, 2.75) is 6.92 Å². The maximum absolute atomic E-state index is 11.5. The van der Waals surface area contributed by atoms with E-state index in [1.54, 1.807) is 25.3 Å². The van der Waals surface area contributed by atoms with Crippen LogP contribution in [0.15, 0.2) is 48.7 Å². The Balaban J connectivity index is 1.83. The maximum atomic E-state index is 11.5. The zero-order valence-corrected chi connectivity index (χ0v) is 13.2. The average molecular weight is 329 g/mol. The molecular weight excluding hydrogens is 314 g/mol. The second-order valence-electron chi connectivity index (χ2n) is 4.81. The van der Waals surface area contributed by atoms with Gasteiger partial charge in [0.2, 0.25) is 10.0 Å². The molecule has 2 aromatic heterocycles. The topological polar surface area (TPSA) is 96.9 Å². The van der Waals surface area contributed by atoms with Gasteiger partial charge in [0.15, 0.2) is 11.6 Å². The summed E-state index contributed by atoms with van der Waals surface area (Å²) in [6.45, 7) is 1.55. The first kappa shape index (κ1) is 15.2. The summed E-state index contributed by atoms with van der Waals surface area (Å²) in [5.74, 6) is 0.673. The number of hydrogen-bond donors (Lipinski definition) is 2. The molecule has 118 valence electrons. The van der Waals surface area contributed by atoms with Crippen LogP contribution >= 0.6 is 0 Å². The van der Waals surface area contributed by atoms with Gasteiger partial charge in [0.05, 0.1) is 17.0 Å². The number of pyridine rings is 1. The first-order valence-electron chi connectivity index (χ1n) is 7.02. The minimum Gasteiger partial charge on any atom is -0.337 e. The third-order valence-electron chi connectivity index (χ3n) is 3.20. The highest BCUT2D eigenvalue weighted by Crippen LogP contribution is 2.23. The highest BCUT2D eigenvalue weighted by Gasteiger charge is 2.08. The number of rotatable bonds is 5. The van der Waals surface area contributed by atoms with Crippen molar-refractivity contribution in [1.82, 2.24) is 15.2 Å². The lowest BCUT2D eigenvalue weighted by Crippen LogP contribution is -2.15. The summed E-state index contributed by atoms with van der Waals surface area (Å²) in [5.41, 5.74) is 1.63. The number of hydrogen-bond acceptors (Lipinski definition) is 6. The molecule has 0 saturated carbocycles. The summed E-state index contributed by atoms with van der Waals surface area (Å²) in [7, 11) is -3.36. The Kier molecular flexibility index (Phi) is 4.07. The van der Waals surface area contributed by atoms with Crippen molar-refractivity contribution in [3.05, 3.63) is 48.7 Å². The maximum Gasteiger partial charge on any atom is 0.233 e. The van der Waals surface area contributed by atoms with Crippen LogP contribution in [0, 0.1) is 0 Å².